The minimum Gasteiger partial charge on any atom is -0.490 e. The number of hydrogen-bond acceptors (Lipinski definition) is 7. The zero-order chi connectivity index (χ0) is 24.4. The molecule has 2 heterocycles. The number of piperidine rings is 1. The Morgan fingerprint density at radius 2 is 1.73 bits per heavy atom. The third-order valence-electron chi connectivity index (χ3n) is 6.41. The summed E-state index contributed by atoms with van der Waals surface area (Å²) in [7, 11) is -1.81. The third kappa shape index (κ3) is 5.34. The topological polar surface area (TPSA) is 111 Å². The van der Waals surface area contributed by atoms with Crippen molar-refractivity contribution in [1.82, 2.24) is 10.2 Å². The van der Waals surface area contributed by atoms with E-state index in [0.29, 0.717) is 19.8 Å². The number of nitrogens with zero attached hydrogens (tertiary/aromatic N) is 1. The highest BCUT2D eigenvalue weighted by Crippen LogP contribution is 2.36. The third-order valence-corrected chi connectivity index (χ3v) is 11.0. The summed E-state index contributed by atoms with van der Waals surface area (Å²) < 4.78 is 17.4. The highest BCUT2D eigenvalue weighted by atomic mass is 28.4. The molecule has 33 heavy (non-hydrogen) atoms. The van der Waals surface area contributed by atoms with Gasteiger partial charge in [-0.3, -0.25) is 29.4 Å². The van der Waals surface area contributed by atoms with Crippen LogP contribution in [0.5, 0.6) is 5.75 Å². The molecule has 180 valence electrons. The number of amides is 4. The second-order valence-corrected chi connectivity index (χ2v) is 14.5. The fraction of sp³-hybridized carbons (Fsp3) is 0.565. The van der Waals surface area contributed by atoms with Crippen LogP contribution in [0.4, 0.5) is 0 Å². The van der Waals surface area contributed by atoms with E-state index in [2.05, 4.69) is 39.2 Å². The van der Waals surface area contributed by atoms with Gasteiger partial charge < -0.3 is 13.9 Å². The van der Waals surface area contributed by atoms with Crippen molar-refractivity contribution in [2.75, 3.05) is 26.4 Å². The Kier molecular flexibility index (Phi) is 7.40. The molecule has 1 saturated heterocycles. The number of imide groups is 2. The van der Waals surface area contributed by atoms with Gasteiger partial charge >= 0.3 is 0 Å². The molecule has 0 aromatic heterocycles. The number of nitrogens with one attached hydrogen (secondary N) is 1. The smallest absolute Gasteiger partial charge is 0.266 e. The molecule has 1 atom stereocenters. The van der Waals surface area contributed by atoms with Gasteiger partial charge in [0.1, 0.15) is 18.4 Å². The van der Waals surface area contributed by atoms with E-state index in [1.165, 1.54) is 6.07 Å². The van der Waals surface area contributed by atoms with Crippen LogP contribution in [-0.2, 0) is 18.8 Å². The lowest BCUT2D eigenvalue weighted by molar-refractivity contribution is -0.136. The van der Waals surface area contributed by atoms with Crippen molar-refractivity contribution in [2.24, 2.45) is 0 Å². The molecule has 0 spiro atoms. The molecule has 2 aliphatic rings. The first-order valence-electron chi connectivity index (χ1n) is 11.1. The first kappa shape index (κ1) is 25.1. The highest BCUT2D eigenvalue weighted by molar-refractivity contribution is 6.74. The summed E-state index contributed by atoms with van der Waals surface area (Å²) in [5.74, 6) is -1.94. The van der Waals surface area contributed by atoms with Crippen LogP contribution in [0.25, 0.3) is 0 Å². The minimum atomic E-state index is -1.81. The number of carbonyl (C=O) groups is 4. The predicted molar refractivity (Wildman–Crippen MR) is 123 cm³/mol. The van der Waals surface area contributed by atoms with Crippen molar-refractivity contribution < 1.29 is 33.1 Å². The molecular formula is C23H32N2O7Si. The zero-order valence-electron chi connectivity index (χ0n) is 19.9. The van der Waals surface area contributed by atoms with Gasteiger partial charge in [-0.2, -0.15) is 0 Å². The lowest BCUT2D eigenvalue weighted by atomic mass is 10.0. The molecule has 1 N–H and O–H groups in total. The standard InChI is InChI=1S/C23H32N2O7Si/c1-23(2,3)33(4,5)32-14-12-30-11-13-31-17-8-6-7-15-19(17)22(29)25(21(15)28)16-9-10-18(26)24-20(16)27/h6-8,16H,9-14H2,1-5H3,(H,24,26,27). The maximum Gasteiger partial charge on any atom is 0.266 e. The summed E-state index contributed by atoms with van der Waals surface area (Å²) in [5, 5.41) is 2.32. The molecule has 1 aromatic rings. The van der Waals surface area contributed by atoms with E-state index in [-0.39, 0.29) is 41.4 Å². The van der Waals surface area contributed by atoms with Gasteiger partial charge in [-0.05, 0) is 36.7 Å². The lowest BCUT2D eigenvalue weighted by Crippen LogP contribution is -2.54. The van der Waals surface area contributed by atoms with E-state index in [9.17, 15) is 19.2 Å². The quantitative estimate of drug-likeness (QED) is 0.331. The van der Waals surface area contributed by atoms with Crippen molar-refractivity contribution in [3.05, 3.63) is 29.3 Å². The van der Waals surface area contributed by atoms with Crippen LogP contribution in [0.1, 0.15) is 54.3 Å². The van der Waals surface area contributed by atoms with Crippen molar-refractivity contribution in [1.29, 1.82) is 0 Å². The van der Waals surface area contributed by atoms with E-state index in [1.807, 2.05) is 0 Å². The fourth-order valence-electron chi connectivity index (χ4n) is 3.49. The monoisotopic (exact) mass is 476 g/mol. The molecular weight excluding hydrogens is 444 g/mol. The molecule has 0 saturated carbocycles. The summed E-state index contributed by atoms with van der Waals surface area (Å²) in [4.78, 5) is 50.4. The largest absolute Gasteiger partial charge is 0.490 e. The van der Waals surface area contributed by atoms with Gasteiger partial charge in [0.05, 0.1) is 30.9 Å². The van der Waals surface area contributed by atoms with Gasteiger partial charge in [-0.1, -0.05) is 26.8 Å². The molecule has 3 rings (SSSR count). The first-order chi connectivity index (χ1) is 15.4. The van der Waals surface area contributed by atoms with Crippen molar-refractivity contribution in [3.63, 3.8) is 0 Å². The Balaban J connectivity index is 1.54. The number of benzene rings is 1. The summed E-state index contributed by atoms with van der Waals surface area (Å²) in [6.07, 6.45) is 0.181. The molecule has 10 heteroatoms. The van der Waals surface area contributed by atoms with Gasteiger partial charge in [-0.15, -0.1) is 0 Å². The molecule has 4 amide bonds. The zero-order valence-corrected chi connectivity index (χ0v) is 20.9. The molecule has 9 nitrogen and oxygen atoms in total. The van der Waals surface area contributed by atoms with Crippen molar-refractivity contribution in [2.45, 2.75) is 57.8 Å². The van der Waals surface area contributed by atoms with Crippen molar-refractivity contribution >= 4 is 31.9 Å². The molecule has 1 fully saturated rings. The SMILES string of the molecule is CC(C)(C)[Si](C)(C)OCCOCCOc1cccc2c1C(=O)N(C1CCC(=O)NC1=O)C2=O. The average Bonchev–Trinajstić information content (AvgIpc) is 2.98. The summed E-state index contributed by atoms with van der Waals surface area (Å²) in [5.41, 5.74) is 0.319. The van der Waals surface area contributed by atoms with Crippen LogP contribution < -0.4 is 10.1 Å². The van der Waals surface area contributed by atoms with Crippen LogP contribution in [-0.4, -0.2) is 69.3 Å². The first-order valence-corrected chi connectivity index (χ1v) is 14.0. The molecule has 0 bridgehead atoms. The van der Waals surface area contributed by atoms with Gasteiger partial charge in [-0.25, -0.2) is 0 Å². The maximum absolute atomic E-state index is 13.0. The van der Waals surface area contributed by atoms with E-state index in [0.717, 1.165) is 4.90 Å². The highest BCUT2D eigenvalue weighted by Gasteiger charge is 2.46. The van der Waals surface area contributed by atoms with Gasteiger partial charge in [0.2, 0.25) is 11.8 Å². The molecule has 1 unspecified atom stereocenters. The summed E-state index contributed by atoms with van der Waals surface area (Å²) >= 11 is 0. The minimum absolute atomic E-state index is 0.0731. The van der Waals surface area contributed by atoms with Crippen LogP contribution in [0, 0.1) is 0 Å². The number of carbonyl (C=O) groups excluding carboxylic acids is 4. The number of hydrogen-bond donors (Lipinski definition) is 1. The second-order valence-electron chi connectivity index (χ2n) is 9.70. The van der Waals surface area contributed by atoms with Crippen LogP contribution >= 0.6 is 0 Å². The fourth-order valence-corrected chi connectivity index (χ4v) is 4.52. The Labute approximate surface area is 194 Å². The molecule has 0 aliphatic carbocycles. The van der Waals surface area contributed by atoms with Crippen LogP contribution in [0.2, 0.25) is 18.1 Å². The maximum atomic E-state index is 13.0. The Morgan fingerprint density at radius 3 is 2.39 bits per heavy atom. The normalized spacial score (nSPS) is 19.1. The Bertz CT molecular complexity index is 955. The van der Waals surface area contributed by atoms with E-state index in [1.54, 1.807) is 12.1 Å². The molecule has 2 aliphatic heterocycles. The predicted octanol–water partition coefficient (Wildman–Crippen LogP) is 2.50. The Morgan fingerprint density at radius 1 is 1.03 bits per heavy atom. The second kappa shape index (κ2) is 9.74. The molecule has 1 aromatic carbocycles. The summed E-state index contributed by atoms with van der Waals surface area (Å²) in [6.45, 7) is 12.3. The number of ether oxygens (including phenoxy) is 2. The van der Waals surface area contributed by atoms with Crippen LogP contribution in [0.3, 0.4) is 0 Å². The van der Waals surface area contributed by atoms with Crippen molar-refractivity contribution in [3.8, 4) is 5.75 Å². The van der Waals surface area contributed by atoms with E-state index in [4.69, 9.17) is 13.9 Å². The van der Waals surface area contributed by atoms with E-state index >= 15 is 0 Å². The van der Waals surface area contributed by atoms with Gasteiger partial charge in [0, 0.05) is 6.42 Å². The summed E-state index contributed by atoms with van der Waals surface area (Å²) in [6, 6.07) is 3.76. The average molecular weight is 477 g/mol. The number of fused-ring (bicyclic) bond motifs is 1. The van der Waals surface area contributed by atoms with Gasteiger partial charge in [0.25, 0.3) is 11.8 Å². The Hall–Kier alpha value is -2.56. The van der Waals surface area contributed by atoms with Crippen LogP contribution in [0.15, 0.2) is 18.2 Å². The molecule has 0 radical (unpaired) electrons. The number of rotatable bonds is 9. The van der Waals surface area contributed by atoms with Gasteiger partial charge in [0.15, 0.2) is 8.32 Å². The lowest BCUT2D eigenvalue weighted by Gasteiger charge is -2.36. The van der Waals surface area contributed by atoms with E-state index < -0.39 is 38.0 Å².